The molecule has 2 aromatic heterocycles. The highest BCUT2D eigenvalue weighted by Gasteiger charge is 2.12. The predicted molar refractivity (Wildman–Crippen MR) is 99.8 cm³/mol. The molecular weight excluding hydrogens is 338 g/mol. The number of hydrogen-bond acceptors (Lipinski definition) is 8. The Labute approximate surface area is 149 Å². The smallest absolute Gasteiger partial charge is 0.262 e. The topological polar surface area (TPSA) is 103 Å². The molecule has 0 amide bonds. The molecule has 2 heterocycles. The highest BCUT2D eigenvalue weighted by Crippen LogP contribution is 2.21. The highest BCUT2D eigenvalue weighted by molar-refractivity contribution is 7.98. The van der Waals surface area contributed by atoms with E-state index in [4.69, 9.17) is 5.73 Å². The summed E-state index contributed by atoms with van der Waals surface area (Å²) in [5.41, 5.74) is 6.39. The van der Waals surface area contributed by atoms with Gasteiger partial charge in [-0.05, 0) is 19.1 Å². The quantitative estimate of drug-likeness (QED) is 0.542. The third-order valence-electron chi connectivity index (χ3n) is 3.56. The lowest BCUT2D eigenvalue weighted by atomic mass is 10.2. The van der Waals surface area contributed by atoms with Gasteiger partial charge in [0.15, 0.2) is 5.16 Å². The van der Waals surface area contributed by atoms with Crippen molar-refractivity contribution < 1.29 is 0 Å². The van der Waals surface area contributed by atoms with Crippen LogP contribution in [-0.4, -0.2) is 38.6 Å². The highest BCUT2D eigenvalue weighted by atomic mass is 32.2. The number of thioether (sulfide) groups is 1. The Kier molecular flexibility index (Phi) is 4.84. The zero-order chi connectivity index (χ0) is 18.0. The van der Waals surface area contributed by atoms with Crippen molar-refractivity contribution in [2.24, 2.45) is 0 Å². The van der Waals surface area contributed by atoms with Crippen molar-refractivity contribution >= 4 is 34.6 Å². The van der Waals surface area contributed by atoms with Crippen LogP contribution in [0.1, 0.15) is 12.7 Å². The van der Waals surface area contributed by atoms with Gasteiger partial charge in [0, 0.05) is 20.6 Å². The zero-order valence-electron chi connectivity index (χ0n) is 14.3. The maximum atomic E-state index is 12.6. The second-order valence-corrected chi connectivity index (χ2v) is 6.50. The minimum absolute atomic E-state index is 0.0419. The van der Waals surface area contributed by atoms with Gasteiger partial charge in [-0.1, -0.05) is 23.9 Å². The van der Waals surface area contributed by atoms with Crippen molar-refractivity contribution in [2.75, 3.05) is 24.7 Å². The van der Waals surface area contributed by atoms with Gasteiger partial charge in [0.2, 0.25) is 11.9 Å². The van der Waals surface area contributed by atoms with Crippen molar-refractivity contribution in [3.63, 3.8) is 0 Å². The molecule has 9 heteroatoms. The van der Waals surface area contributed by atoms with Crippen LogP contribution in [0.15, 0.2) is 34.2 Å². The molecule has 0 fully saturated rings. The fourth-order valence-electron chi connectivity index (χ4n) is 2.36. The van der Waals surface area contributed by atoms with Gasteiger partial charge in [-0.2, -0.15) is 15.0 Å². The first-order valence-electron chi connectivity index (χ1n) is 7.79. The first kappa shape index (κ1) is 17.2. The number of hydrogen-bond donors (Lipinski definition) is 1. The molecule has 130 valence electrons. The number of rotatable bonds is 5. The van der Waals surface area contributed by atoms with E-state index in [9.17, 15) is 4.79 Å². The number of nitrogens with zero attached hydrogens (tertiary/aromatic N) is 6. The minimum Gasteiger partial charge on any atom is -0.368 e. The Morgan fingerprint density at radius 1 is 1.16 bits per heavy atom. The van der Waals surface area contributed by atoms with Crippen LogP contribution in [0.4, 0.5) is 11.9 Å². The van der Waals surface area contributed by atoms with E-state index < -0.39 is 0 Å². The lowest BCUT2D eigenvalue weighted by molar-refractivity contribution is 0.634. The van der Waals surface area contributed by atoms with Gasteiger partial charge in [-0.25, -0.2) is 4.98 Å². The van der Waals surface area contributed by atoms with E-state index in [1.165, 1.54) is 11.8 Å². The largest absolute Gasteiger partial charge is 0.368 e. The van der Waals surface area contributed by atoms with Crippen molar-refractivity contribution in [3.8, 4) is 0 Å². The van der Waals surface area contributed by atoms with Crippen molar-refractivity contribution in [1.29, 1.82) is 0 Å². The lowest BCUT2D eigenvalue weighted by Gasteiger charge is -2.12. The van der Waals surface area contributed by atoms with E-state index in [0.717, 1.165) is 0 Å². The number of anilines is 2. The predicted octanol–water partition coefficient (Wildman–Crippen LogP) is 1.54. The fourth-order valence-corrected chi connectivity index (χ4v) is 3.27. The first-order chi connectivity index (χ1) is 12.0. The van der Waals surface area contributed by atoms with Crippen LogP contribution in [0.5, 0.6) is 0 Å². The molecule has 1 aromatic carbocycles. The first-order valence-corrected chi connectivity index (χ1v) is 8.78. The average molecular weight is 357 g/mol. The van der Waals surface area contributed by atoms with Crippen LogP contribution in [-0.2, 0) is 12.3 Å². The molecule has 0 unspecified atom stereocenters. The Hall–Kier alpha value is -2.68. The van der Waals surface area contributed by atoms with Gasteiger partial charge in [0.25, 0.3) is 5.56 Å². The van der Waals surface area contributed by atoms with Gasteiger partial charge in [0.1, 0.15) is 5.82 Å². The van der Waals surface area contributed by atoms with Gasteiger partial charge in [-0.15, -0.1) is 0 Å². The minimum atomic E-state index is -0.0419. The second-order valence-electron chi connectivity index (χ2n) is 5.55. The second kappa shape index (κ2) is 7.06. The standard InChI is InChI=1S/C16H19N7OS/c1-4-23-13(24)10-7-5-6-8-11(10)18-16(23)25-9-12-19-14(17)21-15(20-12)22(2)3/h5-8H,4,9H2,1-3H3,(H2,17,19,20,21). The van der Waals surface area contributed by atoms with E-state index >= 15 is 0 Å². The molecule has 0 bridgehead atoms. The molecule has 0 radical (unpaired) electrons. The summed E-state index contributed by atoms with van der Waals surface area (Å²) in [4.78, 5) is 31.6. The zero-order valence-corrected chi connectivity index (χ0v) is 15.1. The molecule has 0 spiro atoms. The summed E-state index contributed by atoms with van der Waals surface area (Å²) in [6.45, 7) is 2.47. The third-order valence-corrected chi connectivity index (χ3v) is 4.53. The summed E-state index contributed by atoms with van der Waals surface area (Å²) < 4.78 is 1.66. The molecule has 3 aromatic rings. The number of nitrogen functional groups attached to an aromatic ring is 1. The maximum Gasteiger partial charge on any atom is 0.262 e. The summed E-state index contributed by atoms with van der Waals surface area (Å²) in [7, 11) is 3.68. The van der Waals surface area contributed by atoms with Gasteiger partial charge in [-0.3, -0.25) is 9.36 Å². The van der Waals surface area contributed by atoms with Gasteiger partial charge >= 0.3 is 0 Å². The number of aromatic nitrogens is 5. The Morgan fingerprint density at radius 3 is 2.64 bits per heavy atom. The number of para-hydroxylation sites is 1. The molecule has 0 atom stereocenters. The average Bonchev–Trinajstić information content (AvgIpc) is 2.59. The van der Waals surface area contributed by atoms with Crippen LogP contribution in [0.25, 0.3) is 10.9 Å². The van der Waals surface area contributed by atoms with Crippen LogP contribution in [0, 0.1) is 0 Å². The monoisotopic (exact) mass is 357 g/mol. The summed E-state index contributed by atoms with van der Waals surface area (Å²) in [6.07, 6.45) is 0. The maximum absolute atomic E-state index is 12.6. The molecule has 0 saturated carbocycles. The van der Waals surface area contributed by atoms with E-state index in [2.05, 4.69) is 19.9 Å². The van der Waals surface area contributed by atoms with E-state index in [1.807, 2.05) is 39.2 Å². The number of nitrogens with two attached hydrogens (primary N) is 1. The molecule has 8 nitrogen and oxygen atoms in total. The van der Waals surface area contributed by atoms with Crippen molar-refractivity contribution in [1.82, 2.24) is 24.5 Å². The van der Waals surface area contributed by atoms with Gasteiger partial charge in [0.05, 0.1) is 16.7 Å². The SMILES string of the molecule is CCn1c(SCc2nc(N)nc(N(C)C)n2)nc2ccccc2c1=O. The van der Waals surface area contributed by atoms with Crippen molar-refractivity contribution in [2.45, 2.75) is 24.4 Å². The summed E-state index contributed by atoms with van der Waals surface area (Å²) in [5.74, 6) is 1.67. The van der Waals surface area contributed by atoms with Crippen LogP contribution < -0.4 is 16.2 Å². The molecule has 0 saturated heterocycles. The number of fused-ring (bicyclic) bond motifs is 1. The van der Waals surface area contributed by atoms with E-state index in [-0.39, 0.29) is 11.5 Å². The van der Waals surface area contributed by atoms with Gasteiger partial charge < -0.3 is 10.6 Å². The normalized spacial score (nSPS) is 11.0. The Bertz CT molecular complexity index is 970. The Morgan fingerprint density at radius 2 is 1.92 bits per heavy atom. The van der Waals surface area contributed by atoms with E-state index in [0.29, 0.717) is 40.1 Å². The van der Waals surface area contributed by atoms with Crippen LogP contribution in [0.3, 0.4) is 0 Å². The van der Waals surface area contributed by atoms with Crippen LogP contribution >= 0.6 is 11.8 Å². The summed E-state index contributed by atoms with van der Waals surface area (Å²) >= 11 is 1.41. The molecule has 2 N–H and O–H groups in total. The van der Waals surface area contributed by atoms with E-state index in [1.54, 1.807) is 15.5 Å². The molecular formula is C16H19N7OS. The van der Waals surface area contributed by atoms with Crippen molar-refractivity contribution in [3.05, 3.63) is 40.4 Å². The molecule has 0 aliphatic rings. The lowest BCUT2D eigenvalue weighted by Crippen LogP contribution is -2.22. The fraction of sp³-hybridized carbons (Fsp3) is 0.312. The third kappa shape index (κ3) is 3.55. The summed E-state index contributed by atoms with van der Waals surface area (Å²) in [6, 6.07) is 7.34. The Balaban J connectivity index is 1.95. The summed E-state index contributed by atoms with van der Waals surface area (Å²) in [5, 5.41) is 1.25. The molecule has 0 aliphatic carbocycles. The molecule has 25 heavy (non-hydrogen) atoms. The van der Waals surface area contributed by atoms with Crippen LogP contribution in [0.2, 0.25) is 0 Å². The molecule has 3 rings (SSSR count). The number of benzene rings is 1. The molecule has 0 aliphatic heterocycles.